The summed E-state index contributed by atoms with van der Waals surface area (Å²) in [6.45, 7) is 3.42. The summed E-state index contributed by atoms with van der Waals surface area (Å²) in [6.07, 6.45) is 2.47. The lowest BCUT2D eigenvalue weighted by atomic mass is 9.99. The Bertz CT molecular complexity index is 1210. The number of amides is 1. The van der Waals surface area contributed by atoms with Gasteiger partial charge < -0.3 is 10.3 Å². The molecule has 0 atom stereocenters. The first kappa shape index (κ1) is 21.3. The number of rotatable bonds is 6. The topological polar surface area (TPSA) is 98.6 Å². The standard InChI is InChI=1S/C21H18F2N4O2S/c1-11-15(12(2)26-20(29)16(11)9-24)4-6-19(28)27-21-25-10-14(30-21)7-13-3-5-17(22)18(23)8-13/h3,5,8,10H,4,6-7H2,1-2H3,(H,26,29)(H,25,27,28). The van der Waals surface area contributed by atoms with Crippen LogP contribution in [0.3, 0.4) is 0 Å². The Hall–Kier alpha value is -3.38. The molecular formula is C21H18F2N4O2S. The largest absolute Gasteiger partial charge is 0.325 e. The van der Waals surface area contributed by atoms with Crippen LogP contribution in [0.15, 0.2) is 29.2 Å². The smallest absolute Gasteiger partial charge is 0.266 e. The Labute approximate surface area is 175 Å². The SMILES string of the molecule is Cc1[nH]c(=O)c(C#N)c(C)c1CCC(=O)Nc1ncc(Cc2ccc(F)c(F)c2)s1. The molecule has 3 aromatic rings. The van der Waals surface area contributed by atoms with E-state index < -0.39 is 17.2 Å². The highest BCUT2D eigenvalue weighted by molar-refractivity contribution is 7.15. The maximum atomic E-state index is 13.3. The predicted octanol–water partition coefficient (Wildman–Crippen LogP) is 3.76. The molecule has 0 aliphatic carbocycles. The van der Waals surface area contributed by atoms with Crippen LogP contribution in [0.2, 0.25) is 0 Å². The summed E-state index contributed by atoms with van der Waals surface area (Å²) >= 11 is 1.25. The van der Waals surface area contributed by atoms with E-state index in [4.69, 9.17) is 5.26 Å². The highest BCUT2D eigenvalue weighted by Crippen LogP contribution is 2.22. The van der Waals surface area contributed by atoms with Gasteiger partial charge in [0.05, 0.1) is 0 Å². The van der Waals surface area contributed by atoms with Crippen molar-refractivity contribution in [3.63, 3.8) is 0 Å². The molecule has 30 heavy (non-hydrogen) atoms. The molecule has 0 fully saturated rings. The first-order valence-electron chi connectivity index (χ1n) is 9.09. The van der Waals surface area contributed by atoms with Crippen molar-refractivity contribution < 1.29 is 13.6 Å². The van der Waals surface area contributed by atoms with Crippen LogP contribution >= 0.6 is 11.3 Å². The number of nitrogens with one attached hydrogen (secondary N) is 2. The van der Waals surface area contributed by atoms with Gasteiger partial charge in [0.2, 0.25) is 5.91 Å². The molecule has 0 aliphatic rings. The van der Waals surface area contributed by atoms with Crippen LogP contribution in [-0.2, 0) is 17.6 Å². The lowest BCUT2D eigenvalue weighted by molar-refractivity contribution is -0.116. The van der Waals surface area contributed by atoms with Crippen LogP contribution in [0.25, 0.3) is 0 Å². The van der Waals surface area contributed by atoms with Gasteiger partial charge in [-0.15, -0.1) is 11.3 Å². The molecule has 6 nitrogen and oxygen atoms in total. The van der Waals surface area contributed by atoms with Crippen molar-refractivity contribution in [1.82, 2.24) is 9.97 Å². The molecule has 0 saturated heterocycles. The van der Waals surface area contributed by atoms with Gasteiger partial charge in [0.25, 0.3) is 5.56 Å². The minimum absolute atomic E-state index is 0.0535. The van der Waals surface area contributed by atoms with Gasteiger partial charge in [0, 0.05) is 29.6 Å². The van der Waals surface area contributed by atoms with E-state index >= 15 is 0 Å². The van der Waals surface area contributed by atoms with Crippen molar-refractivity contribution in [2.75, 3.05) is 5.32 Å². The first-order valence-corrected chi connectivity index (χ1v) is 9.91. The molecule has 9 heteroatoms. The van der Waals surface area contributed by atoms with E-state index in [1.165, 1.54) is 17.4 Å². The average Bonchev–Trinajstić information content (AvgIpc) is 3.11. The molecule has 1 aromatic carbocycles. The summed E-state index contributed by atoms with van der Waals surface area (Å²) in [7, 11) is 0. The number of aromatic amines is 1. The third kappa shape index (κ3) is 4.78. The van der Waals surface area contributed by atoms with E-state index in [1.807, 2.05) is 6.07 Å². The number of anilines is 1. The number of benzene rings is 1. The molecule has 1 amide bonds. The van der Waals surface area contributed by atoms with Gasteiger partial charge in [-0.25, -0.2) is 13.8 Å². The quantitative estimate of drug-likeness (QED) is 0.625. The van der Waals surface area contributed by atoms with E-state index in [1.54, 1.807) is 20.0 Å². The summed E-state index contributed by atoms with van der Waals surface area (Å²) in [5, 5.41) is 12.3. The molecule has 2 heterocycles. The zero-order chi connectivity index (χ0) is 21.8. The summed E-state index contributed by atoms with van der Waals surface area (Å²) < 4.78 is 26.4. The number of hydrogen-bond donors (Lipinski definition) is 2. The third-order valence-corrected chi connectivity index (χ3v) is 5.60. The fourth-order valence-electron chi connectivity index (χ4n) is 3.14. The van der Waals surface area contributed by atoms with Crippen molar-refractivity contribution >= 4 is 22.4 Å². The molecule has 0 spiro atoms. The number of hydrogen-bond acceptors (Lipinski definition) is 5. The zero-order valence-electron chi connectivity index (χ0n) is 16.3. The third-order valence-electron chi connectivity index (χ3n) is 4.68. The fourth-order valence-corrected chi connectivity index (χ4v) is 4.00. The van der Waals surface area contributed by atoms with Crippen molar-refractivity contribution in [3.8, 4) is 6.07 Å². The van der Waals surface area contributed by atoms with Crippen molar-refractivity contribution in [2.24, 2.45) is 0 Å². The first-order chi connectivity index (χ1) is 14.3. The Kier molecular flexibility index (Phi) is 6.37. The Morgan fingerprint density at radius 1 is 1.30 bits per heavy atom. The second kappa shape index (κ2) is 8.97. The molecule has 0 aliphatic heterocycles. The predicted molar refractivity (Wildman–Crippen MR) is 109 cm³/mol. The van der Waals surface area contributed by atoms with E-state index in [2.05, 4.69) is 15.3 Å². The number of carbonyl (C=O) groups excluding carboxylic acids is 1. The number of nitriles is 1. The van der Waals surface area contributed by atoms with Gasteiger partial charge in [-0.05, 0) is 49.1 Å². The molecule has 154 valence electrons. The Balaban J connectivity index is 1.62. The molecule has 0 unspecified atom stereocenters. The van der Waals surface area contributed by atoms with Crippen LogP contribution in [0.5, 0.6) is 0 Å². The van der Waals surface area contributed by atoms with E-state index in [-0.39, 0.29) is 17.9 Å². The average molecular weight is 428 g/mol. The number of H-pyrrole nitrogens is 1. The van der Waals surface area contributed by atoms with Crippen LogP contribution in [-0.4, -0.2) is 15.9 Å². The monoisotopic (exact) mass is 428 g/mol. The van der Waals surface area contributed by atoms with Gasteiger partial charge in [-0.3, -0.25) is 9.59 Å². The van der Waals surface area contributed by atoms with Crippen molar-refractivity contribution in [3.05, 3.63) is 79.2 Å². The normalized spacial score (nSPS) is 10.6. The van der Waals surface area contributed by atoms with Crippen molar-refractivity contribution in [2.45, 2.75) is 33.1 Å². The molecule has 2 N–H and O–H groups in total. The lowest BCUT2D eigenvalue weighted by Gasteiger charge is -2.10. The maximum absolute atomic E-state index is 13.3. The van der Waals surface area contributed by atoms with Crippen molar-refractivity contribution in [1.29, 1.82) is 5.26 Å². The number of aromatic nitrogens is 2. The number of halogens is 2. The highest BCUT2D eigenvalue weighted by atomic mass is 32.1. The van der Waals surface area contributed by atoms with Gasteiger partial charge in [0.1, 0.15) is 11.6 Å². The molecule has 0 saturated carbocycles. The summed E-state index contributed by atoms with van der Waals surface area (Å²) in [5.74, 6) is -2.06. The minimum atomic E-state index is -0.905. The van der Waals surface area contributed by atoms with E-state index in [9.17, 15) is 18.4 Å². The summed E-state index contributed by atoms with van der Waals surface area (Å²) in [4.78, 5) is 31.7. The van der Waals surface area contributed by atoms with Gasteiger partial charge in [-0.1, -0.05) is 6.07 Å². The van der Waals surface area contributed by atoms with Crippen LogP contribution < -0.4 is 10.9 Å². The number of thiazole rings is 1. The molecule has 2 aromatic heterocycles. The van der Waals surface area contributed by atoms with Gasteiger partial charge >= 0.3 is 0 Å². The Morgan fingerprint density at radius 2 is 2.07 bits per heavy atom. The zero-order valence-corrected chi connectivity index (χ0v) is 17.1. The summed E-state index contributed by atoms with van der Waals surface area (Å²) in [5.41, 5.74) is 2.20. The van der Waals surface area contributed by atoms with Crippen LogP contribution in [0, 0.1) is 36.8 Å². The minimum Gasteiger partial charge on any atom is -0.325 e. The number of aryl methyl sites for hydroxylation is 1. The van der Waals surface area contributed by atoms with Gasteiger partial charge in [-0.2, -0.15) is 5.26 Å². The van der Waals surface area contributed by atoms with E-state index in [0.717, 1.165) is 22.6 Å². The second-order valence-electron chi connectivity index (χ2n) is 6.77. The number of nitrogens with zero attached hydrogens (tertiary/aromatic N) is 2. The second-order valence-corrected chi connectivity index (χ2v) is 7.89. The number of pyridine rings is 1. The molecule has 0 bridgehead atoms. The fraction of sp³-hybridized carbons (Fsp3) is 0.238. The highest BCUT2D eigenvalue weighted by Gasteiger charge is 2.14. The van der Waals surface area contributed by atoms with E-state index in [0.29, 0.717) is 34.8 Å². The molecular weight excluding hydrogens is 410 g/mol. The number of carbonyl (C=O) groups is 1. The van der Waals surface area contributed by atoms with Gasteiger partial charge in [0.15, 0.2) is 16.8 Å². The summed E-state index contributed by atoms with van der Waals surface area (Å²) in [6, 6.07) is 5.60. The maximum Gasteiger partial charge on any atom is 0.266 e. The van der Waals surface area contributed by atoms with Crippen LogP contribution in [0.1, 0.15) is 39.2 Å². The lowest BCUT2D eigenvalue weighted by Crippen LogP contribution is -2.18. The molecule has 3 rings (SSSR count). The Morgan fingerprint density at radius 3 is 2.77 bits per heavy atom. The van der Waals surface area contributed by atoms with Crippen LogP contribution in [0.4, 0.5) is 13.9 Å². The molecule has 0 radical (unpaired) electrons.